The van der Waals surface area contributed by atoms with Gasteiger partial charge in [0.05, 0.1) is 0 Å². The van der Waals surface area contributed by atoms with E-state index in [0.717, 1.165) is 17.8 Å². The molecule has 0 amide bonds. The highest BCUT2D eigenvalue weighted by molar-refractivity contribution is 7.91. The van der Waals surface area contributed by atoms with E-state index in [2.05, 4.69) is 5.32 Å². The van der Waals surface area contributed by atoms with Gasteiger partial charge in [-0.3, -0.25) is 0 Å². The molecule has 4 nitrogen and oxygen atoms in total. The number of hydrogen-bond donors (Lipinski definition) is 1. The van der Waals surface area contributed by atoms with Crippen molar-refractivity contribution in [3.8, 4) is 0 Å². The summed E-state index contributed by atoms with van der Waals surface area (Å²) in [6.45, 7) is 8.03. The molecule has 1 aliphatic rings. The van der Waals surface area contributed by atoms with Gasteiger partial charge in [0, 0.05) is 30.6 Å². The lowest BCUT2D eigenvalue weighted by Crippen LogP contribution is -2.33. The maximum absolute atomic E-state index is 12.6. The second-order valence-electron chi connectivity index (χ2n) is 6.05. The molecular weight excluding hydrogens is 304 g/mol. The molecule has 0 atom stereocenters. The van der Waals surface area contributed by atoms with Gasteiger partial charge in [0.15, 0.2) is 0 Å². The summed E-state index contributed by atoms with van der Waals surface area (Å²) in [5.41, 5.74) is 0. The lowest BCUT2D eigenvalue weighted by molar-refractivity contribution is 0.382. The molecule has 0 spiro atoms. The van der Waals surface area contributed by atoms with Gasteiger partial charge in [-0.15, -0.1) is 11.3 Å². The van der Waals surface area contributed by atoms with Crippen molar-refractivity contribution in [2.45, 2.75) is 50.3 Å². The summed E-state index contributed by atoms with van der Waals surface area (Å²) in [4.78, 5) is 1.14. The van der Waals surface area contributed by atoms with E-state index in [1.165, 1.54) is 24.2 Å². The predicted octanol–water partition coefficient (Wildman–Crippen LogP) is 2.71. The van der Waals surface area contributed by atoms with Crippen LogP contribution in [-0.2, 0) is 16.4 Å². The van der Waals surface area contributed by atoms with E-state index >= 15 is 0 Å². The van der Waals surface area contributed by atoms with Crippen molar-refractivity contribution in [3.05, 3.63) is 17.0 Å². The molecule has 0 unspecified atom stereocenters. The van der Waals surface area contributed by atoms with Crippen molar-refractivity contribution in [2.24, 2.45) is 5.92 Å². The summed E-state index contributed by atoms with van der Waals surface area (Å²) >= 11 is 1.41. The molecular formula is C15H26N2O2S2. The van der Waals surface area contributed by atoms with E-state index in [4.69, 9.17) is 0 Å². The highest BCUT2D eigenvalue weighted by atomic mass is 32.2. The van der Waals surface area contributed by atoms with Crippen LogP contribution in [0.25, 0.3) is 0 Å². The fourth-order valence-electron chi connectivity index (χ4n) is 2.25. The molecule has 1 aromatic heterocycles. The van der Waals surface area contributed by atoms with Gasteiger partial charge in [-0.2, -0.15) is 4.31 Å². The number of thiophene rings is 1. The molecule has 0 radical (unpaired) electrons. The van der Waals surface area contributed by atoms with E-state index in [9.17, 15) is 8.42 Å². The summed E-state index contributed by atoms with van der Waals surface area (Å²) in [5, 5.41) is 3.46. The first-order chi connectivity index (χ1) is 9.93. The van der Waals surface area contributed by atoms with Crippen LogP contribution in [0, 0.1) is 5.92 Å². The largest absolute Gasteiger partial charge is 0.314 e. The van der Waals surface area contributed by atoms with Crippen molar-refractivity contribution < 1.29 is 8.42 Å². The first-order valence-electron chi connectivity index (χ1n) is 7.75. The van der Waals surface area contributed by atoms with E-state index in [-0.39, 0.29) is 0 Å². The zero-order valence-electron chi connectivity index (χ0n) is 13.1. The van der Waals surface area contributed by atoms with E-state index in [1.54, 1.807) is 10.4 Å². The average molecular weight is 331 g/mol. The number of nitrogens with one attached hydrogen (secondary N) is 1. The Morgan fingerprint density at radius 1 is 1.38 bits per heavy atom. The van der Waals surface area contributed by atoms with Crippen LogP contribution in [0.15, 0.2) is 16.3 Å². The Morgan fingerprint density at radius 2 is 2.10 bits per heavy atom. The van der Waals surface area contributed by atoms with Gasteiger partial charge in [0.1, 0.15) is 4.21 Å². The Balaban J connectivity index is 1.99. The normalized spacial score (nSPS) is 16.0. The van der Waals surface area contributed by atoms with Crippen molar-refractivity contribution in [2.75, 3.05) is 19.6 Å². The van der Waals surface area contributed by atoms with Crippen LogP contribution in [0.5, 0.6) is 0 Å². The minimum atomic E-state index is -3.32. The zero-order valence-corrected chi connectivity index (χ0v) is 14.8. The Bertz CT molecular complexity index is 548. The molecule has 1 saturated carbocycles. The summed E-state index contributed by atoms with van der Waals surface area (Å²) in [6.07, 6.45) is 3.47. The van der Waals surface area contributed by atoms with Crippen LogP contribution in [0.1, 0.15) is 38.5 Å². The topological polar surface area (TPSA) is 49.4 Å². The third kappa shape index (κ3) is 4.77. The number of hydrogen-bond acceptors (Lipinski definition) is 4. The number of sulfonamides is 1. The second kappa shape index (κ2) is 7.22. The molecule has 6 heteroatoms. The van der Waals surface area contributed by atoms with E-state index in [1.807, 2.05) is 26.8 Å². The standard InChI is InChI=1S/C15H26N2O2S2/c1-4-17(11-12(2)3)21(18,19)15-8-7-14(20-15)9-10-16-13-5-6-13/h7-8,12-13,16H,4-6,9-11H2,1-3H3. The van der Waals surface area contributed by atoms with Crippen molar-refractivity contribution in [1.29, 1.82) is 0 Å². The van der Waals surface area contributed by atoms with Crippen molar-refractivity contribution in [1.82, 2.24) is 9.62 Å². The highest BCUT2D eigenvalue weighted by Crippen LogP contribution is 2.26. The number of nitrogens with zero attached hydrogens (tertiary/aromatic N) is 1. The molecule has 21 heavy (non-hydrogen) atoms. The summed E-state index contributed by atoms with van der Waals surface area (Å²) in [6, 6.07) is 4.42. The van der Waals surface area contributed by atoms with Crippen LogP contribution >= 0.6 is 11.3 Å². The minimum Gasteiger partial charge on any atom is -0.314 e. The van der Waals surface area contributed by atoms with Crippen LogP contribution in [-0.4, -0.2) is 38.4 Å². The molecule has 1 N–H and O–H groups in total. The monoisotopic (exact) mass is 330 g/mol. The van der Waals surface area contributed by atoms with Gasteiger partial charge >= 0.3 is 0 Å². The Kier molecular flexibility index (Phi) is 5.82. The van der Waals surface area contributed by atoms with Crippen molar-refractivity contribution in [3.63, 3.8) is 0 Å². The smallest absolute Gasteiger partial charge is 0.252 e. The molecule has 1 fully saturated rings. The molecule has 2 rings (SSSR count). The summed E-state index contributed by atoms with van der Waals surface area (Å²) in [5.74, 6) is 0.335. The highest BCUT2D eigenvalue weighted by Gasteiger charge is 2.25. The molecule has 0 bridgehead atoms. The number of rotatable bonds is 9. The first kappa shape index (κ1) is 16.9. The van der Waals surface area contributed by atoms with Gasteiger partial charge in [0.25, 0.3) is 10.0 Å². The molecule has 120 valence electrons. The molecule has 0 aliphatic heterocycles. The van der Waals surface area contributed by atoms with Crippen LogP contribution in [0.3, 0.4) is 0 Å². The van der Waals surface area contributed by atoms with Crippen molar-refractivity contribution >= 4 is 21.4 Å². The Hall–Kier alpha value is -0.430. The predicted molar refractivity (Wildman–Crippen MR) is 88.3 cm³/mol. The lowest BCUT2D eigenvalue weighted by Gasteiger charge is -2.21. The minimum absolute atomic E-state index is 0.335. The van der Waals surface area contributed by atoms with Gasteiger partial charge < -0.3 is 5.32 Å². The van der Waals surface area contributed by atoms with Gasteiger partial charge in [-0.1, -0.05) is 20.8 Å². The SMILES string of the molecule is CCN(CC(C)C)S(=O)(=O)c1ccc(CCNC2CC2)s1. The fraction of sp³-hybridized carbons (Fsp3) is 0.733. The van der Waals surface area contributed by atoms with Gasteiger partial charge in [-0.25, -0.2) is 8.42 Å². The Morgan fingerprint density at radius 3 is 2.67 bits per heavy atom. The third-order valence-electron chi connectivity index (χ3n) is 3.53. The van der Waals surface area contributed by atoms with E-state index < -0.39 is 10.0 Å². The summed E-state index contributed by atoms with van der Waals surface area (Å²) < 4.78 is 27.3. The average Bonchev–Trinajstić information content (AvgIpc) is 3.11. The molecule has 1 aliphatic carbocycles. The molecule has 1 heterocycles. The second-order valence-corrected chi connectivity index (χ2v) is 9.38. The fourth-order valence-corrected chi connectivity index (χ4v) is 5.37. The third-order valence-corrected chi connectivity index (χ3v) is 7.09. The van der Waals surface area contributed by atoms with Gasteiger partial charge in [0.2, 0.25) is 0 Å². The maximum Gasteiger partial charge on any atom is 0.252 e. The van der Waals surface area contributed by atoms with Crippen LogP contribution in [0.2, 0.25) is 0 Å². The van der Waals surface area contributed by atoms with Gasteiger partial charge in [-0.05, 0) is 37.3 Å². The quantitative estimate of drug-likeness (QED) is 0.757. The Labute approximate surface area is 132 Å². The maximum atomic E-state index is 12.6. The van der Waals surface area contributed by atoms with E-state index in [0.29, 0.717) is 29.3 Å². The van der Waals surface area contributed by atoms with Crippen LogP contribution in [0.4, 0.5) is 0 Å². The molecule has 0 aromatic carbocycles. The molecule has 0 saturated heterocycles. The van der Waals surface area contributed by atoms with Crippen LogP contribution < -0.4 is 5.32 Å². The lowest BCUT2D eigenvalue weighted by atomic mass is 10.2. The first-order valence-corrected chi connectivity index (χ1v) is 10.0. The summed E-state index contributed by atoms with van der Waals surface area (Å²) in [7, 11) is -3.32. The zero-order chi connectivity index (χ0) is 15.5. The molecule has 1 aromatic rings.